The van der Waals surface area contributed by atoms with E-state index in [9.17, 15) is 4.79 Å². The van der Waals surface area contributed by atoms with Crippen LogP contribution in [0.15, 0.2) is 42.5 Å². The van der Waals surface area contributed by atoms with Gasteiger partial charge in [0, 0.05) is 16.2 Å². The lowest BCUT2D eigenvalue weighted by Gasteiger charge is -2.20. The molecule has 0 heterocycles. The van der Waals surface area contributed by atoms with Crippen molar-refractivity contribution >= 4 is 25.0 Å². The van der Waals surface area contributed by atoms with Crippen molar-refractivity contribution in [2.75, 3.05) is 6.61 Å². The summed E-state index contributed by atoms with van der Waals surface area (Å²) in [6.07, 6.45) is 4.42. The molecular formula is C20H25O2P. The van der Waals surface area contributed by atoms with E-state index in [-0.39, 0.29) is 0 Å². The molecule has 122 valence electrons. The van der Waals surface area contributed by atoms with Crippen LogP contribution in [0.2, 0.25) is 0 Å². The smallest absolute Gasteiger partial charge is 0.150 e. The first kappa shape index (κ1) is 17.8. The largest absolute Gasteiger partial charge is 0.350 e. The first-order valence-electron chi connectivity index (χ1n) is 8.22. The molecule has 2 nitrogen and oxygen atoms in total. The van der Waals surface area contributed by atoms with Crippen molar-refractivity contribution < 1.29 is 9.32 Å². The summed E-state index contributed by atoms with van der Waals surface area (Å²) in [7, 11) is -0.833. The standard InChI is InChI=1S/C20H25O2P/c1-4-5-9-12-22-23(18-10-7-6-8-11-18)19-13-16(2)20(15-21)17(3)14-19/h6-8,10-11,13-15H,4-5,9,12H2,1-3H3. The number of carbonyl (C=O) groups is 1. The van der Waals surface area contributed by atoms with Crippen molar-refractivity contribution in [2.45, 2.75) is 40.0 Å². The highest BCUT2D eigenvalue weighted by molar-refractivity contribution is 7.68. The van der Waals surface area contributed by atoms with Crippen LogP contribution in [0.25, 0.3) is 0 Å². The summed E-state index contributed by atoms with van der Waals surface area (Å²) in [6.45, 7) is 6.97. The van der Waals surface area contributed by atoms with Crippen LogP contribution < -0.4 is 10.6 Å². The Morgan fingerprint density at radius 2 is 1.65 bits per heavy atom. The van der Waals surface area contributed by atoms with Gasteiger partial charge in [-0.05, 0) is 43.5 Å². The highest BCUT2D eigenvalue weighted by atomic mass is 31.1. The van der Waals surface area contributed by atoms with Crippen molar-refractivity contribution in [1.29, 1.82) is 0 Å². The molecule has 0 radical (unpaired) electrons. The molecule has 0 aliphatic rings. The lowest BCUT2D eigenvalue weighted by Crippen LogP contribution is -2.16. The third-order valence-electron chi connectivity index (χ3n) is 3.89. The monoisotopic (exact) mass is 328 g/mol. The highest BCUT2D eigenvalue weighted by Crippen LogP contribution is 2.36. The van der Waals surface area contributed by atoms with Crippen LogP contribution >= 0.6 is 8.15 Å². The van der Waals surface area contributed by atoms with Crippen molar-refractivity contribution in [3.05, 3.63) is 59.2 Å². The molecule has 0 spiro atoms. The molecule has 3 heteroatoms. The normalized spacial score (nSPS) is 12.1. The number of rotatable bonds is 8. The fourth-order valence-electron chi connectivity index (χ4n) is 2.62. The first-order chi connectivity index (χ1) is 11.2. The summed E-state index contributed by atoms with van der Waals surface area (Å²) >= 11 is 0. The Morgan fingerprint density at radius 1 is 1.00 bits per heavy atom. The van der Waals surface area contributed by atoms with E-state index < -0.39 is 8.15 Å². The minimum Gasteiger partial charge on any atom is -0.350 e. The summed E-state index contributed by atoms with van der Waals surface area (Å²) < 4.78 is 6.28. The van der Waals surface area contributed by atoms with E-state index >= 15 is 0 Å². The zero-order chi connectivity index (χ0) is 16.7. The third kappa shape index (κ3) is 4.73. The van der Waals surface area contributed by atoms with Gasteiger partial charge in [-0.25, -0.2) is 0 Å². The van der Waals surface area contributed by atoms with Gasteiger partial charge in [-0.3, -0.25) is 4.79 Å². The molecule has 2 aromatic carbocycles. The van der Waals surface area contributed by atoms with Crippen LogP contribution in [-0.2, 0) is 4.52 Å². The van der Waals surface area contributed by atoms with Crippen LogP contribution in [-0.4, -0.2) is 12.9 Å². The van der Waals surface area contributed by atoms with Gasteiger partial charge in [0.2, 0.25) is 0 Å². The number of aldehydes is 1. The molecule has 0 N–H and O–H groups in total. The predicted molar refractivity (Wildman–Crippen MR) is 99.4 cm³/mol. The van der Waals surface area contributed by atoms with Crippen LogP contribution in [0.4, 0.5) is 0 Å². The Kier molecular flexibility index (Phi) is 6.95. The third-order valence-corrected chi connectivity index (χ3v) is 5.82. The van der Waals surface area contributed by atoms with E-state index in [1.54, 1.807) is 0 Å². The maximum atomic E-state index is 11.2. The minimum atomic E-state index is -0.833. The van der Waals surface area contributed by atoms with Gasteiger partial charge in [0.05, 0.1) is 14.8 Å². The Hall–Kier alpha value is -1.50. The molecule has 2 rings (SSSR count). The molecule has 1 atom stereocenters. The minimum absolute atomic E-state index is 0.780. The van der Waals surface area contributed by atoms with Gasteiger partial charge < -0.3 is 4.52 Å². The van der Waals surface area contributed by atoms with Gasteiger partial charge in [0.25, 0.3) is 0 Å². The zero-order valence-electron chi connectivity index (χ0n) is 14.2. The van der Waals surface area contributed by atoms with Crippen molar-refractivity contribution in [3.8, 4) is 0 Å². The summed E-state index contributed by atoms with van der Waals surface area (Å²) in [5.41, 5.74) is 2.84. The summed E-state index contributed by atoms with van der Waals surface area (Å²) in [5, 5.41) is 2.40. The number of carbonyl (C=O) groups excluding carboxylic acids is 1. The Morgan fingerprint density at radius 3 is 2.22 bits per heavy atom. The number of hydrogen-bond acceptors (Lipinski definition) is 2. The highest BCUT2D eigenvalue weighted by Gasteiger charge is 2.17. The van der Waals surface area contributed by atoms with Crippen molar-refractivity contribution in [2.24, 2.45) is 0 Å². The van der Waals surface area contributed by atoms with Gasteiger partial charge in [0.1, 0.15) is 0 Å². The number of aryl methyl sites for hydroxylation is 2. The molecule has 0 aliphatic carbocycles. The molecular weight excluding hydrogens is 303 g/mol. The molecule has 0 saturated carbocycles. The molecule has 2 aromatic rings. The quantitative estimate of drug-likeness (QED) is 0.400. The Balaban J connectivity index is 2.31. The second-order valence-electron chi connectivity index (χ2n) is 5.78. The van der Waals surface area contributed by atoms with Gasteiger partial charge in [-0.2, -0.15) is 0 Å². The Bertz CT molecular complexity index is 614. The van der Waals surface area contributed by atoms with Crippen LogP contribution in [0, 0.1) is 13.8 Å². The van der Waals surface area contributed by atoms with Crippen LogP contribution in [0.1, 0.15) is 47.7 Å². The van der Waals surface area contributed by atoms with Gasteiger partial charge in [-0.15, -0.1) is 0 Å². The van der Waals surface area contributed by atoms with E-state index in [0.717, 1.165) is 36.0 Å². The second-order valence-corrected chi connectivity index (χ2v) is 7.66. The molecule has 23 heavy (non-hydrogen) atoms. The average molecular weight is 328 g/mol. The summed E-state index contributed by atoms with van der Waals surface area (Å²) in [5.74, 6) is 0. The van der Waals surface area contributed by atoms with E-state index in [1.807, 2.05) is 19.9 Å². The maximum Gasteiger partial charge on any atom is 0.150 e. The number of unbranched alkanes of at least 4 members (excludes halogenated alkanes) is 2. The molecule has 0 fully saturated rings. The second kappa shape index (κ2) is 8.96. The number of benzene rings is 2. The molecule has 0 saturated heterocycles. The lowest BCUT2D eigenvalue weighted by molar-refractivity contribution is 0.112. The van der Waals surface area contributed by atoms with Gasteiger partial charge >= 0.3 is 0 Å². The maximum absolute atomic E-state index is 11.2. The number of hydrogen-bond donors (Lipinski definition) is 0. The topological polar surface area (TPSA) is 26.3 Å². The fourth-order valence-corrected chi connectivity index (χ4v) is 4.60. The van der Waals surface area contributed by atoms with Crippen LogP contribution in [0.5, 0.6) is 0 Å². The predicted octanol–water partition coefficient (Wildman–Crippen LogP) is 4.67. The first-order valence-corrected chi connectivity index (χ1v) is 9.47. The zero-order valence-corrected chi connectivity index (χ0v) is 15.1. The van der Waals surface area contributed by atoms with E-state index in [2.05, 4.69) is 43.3 Å². The van der Waals surface area contributed by atoms with Gasteiger partial charge in [0.15, 0.2) is 6.29 Å². The Labute approximate surface area is 140 Å². The lowest BCUT2D eigenvalue weighted by atomic mass is 10.0. The molecule has 0 aromatic heterocycles. The van der Waals surface area contributed by atoms with Crippen molar-refractivity contribution in [3.63, 3.8) is 0 Å². The fraction of sp³-hybridized carbons (Fsp3) is 0.350. The average Bonchev–Trinajstić information content (AvgIpc) is 2.55. The molecule has 0 amide bonds. The van der Waals surface area contributed by atoms with Crippen LogP contribution in [0.3, 0.4) is 0 Å². The SMILES string of the molecule is CCCCCOP(c1ccccc1)c1cc(C)c(C=O)c(C)c1. The van der Waals surface area contributed by atoms with E-state index in [4.69, 9.17) is 4.52 Å². The van der Waals surface area contributed by atoms with E-state index in [0.29, 0.717) is 0 Å². The molecule has 0 aliphatic heterocycles. The van der Waals surface area contributed by atoms with Gasteiger partial charge in [-0.1, -0.05) is 50.1 Å². The van der Waals surface area contributed by atoms with E-state index in [1.165, 1.54) is 23.5 Å². The van der Waals surface area contributed by atoms with Crippen molar-refractivity contribution in [1.82, 2.24) is 0 Å². The summed E-state index contributed by atoms with van der Waals surface area (Å²) in [4.78, 5) is 11.2. The molecule has 0 bridgehead atoms. The summed E-state index contributed by atoms with van der Waals surface area (Å²) in [6, 6.07) is 14.6. The molecule has 1 unspecified atom stereocenters.